The highest BCUT2D eigenvalue weighted by atomic mass is 16.3. The van der Waals surface area contributed by atoms with Gasteiger partial charge in [0.15, 0.2) is 0 Å². The average Bonchev–Trinajstić information content (AvgIpc) is 3.72. The largest absolute Gasteiger partial charge is 0.455 e. The first kappa shape index (κ1) is 45.6. The third kappa shape index (κ3) is 6.26. The number of rotatable bonds is 5. The molecule has 3 unspecified atom stereocenters. The minimum absolute atomic E-state index is 0.00300. The molecule has 68 heavy (non-hydrogen) atoms. The van der Waals surface area contributed by atoms with Gasteiger partial charge in [0, 0.05) is 33.9 Å². The molecule has 7 aromatic carbocycles. The Kier molecular flexibility index (Phi) is 10.9. The number of hydrogen-bond donors (Lipinski definition) is 0. The zero-order valence-corrected chi connectivity index (χ0v) is 44.1. The number of benzene rings is 7. The second kappa shape index (κ2) is 16.2. The first-order chi connectivity index (χ1) is 32.3. The van der Waals surface area contributed by atoms with E-state index in [-0.39, 0.29) is 5.92 Å². The highest BCUT2D eigenvalue weighted by Gasteiger charge is 2.43. The van der Waals surface area contributed by atoms with Crippen LogP contribution in [0.3, 0.4) is 0 Å². The van der Waals surface area contributed by atoms with E-state index in [4.69, 9.17) is 4.42 Å². The van der Waals surface area contributed by atoms with Gasteiger partial charge in [-0.1, -0.05) is 77.4 Å². The summed E-state index contributed by atoms with van der Waals surface area (Å²) >= 11 is 0. The van der Waals surface area contributed by atoms with Crippen LogP contribution in [0.5, 0.6) is 0 Å². The van der Waals surface area contributed by atoms with Gasteiger partial charge in [0.2, 0.25) is 0 Å². The molecule has 8 aromatic rings. The molecule has 0 saturated heterocycles. The van der Waals surface area contributed by atoms with Gasteiger partial charge in [-0.3, -0.25) is 0 Å². The average molecular weight is 891 g/mol. The predicted octanol–water partition coefficient (Wildman–Crippen LogP) is 18.8. The van der Waals surface area contributed by atoms with Gasteiger partial charge < -0.3 is 4.42 Å². The molecule has 0 radical (unpaired) electrons. The molecule has 1 aromatic heterocycles. The van der Waals surface area contributed by atoms with Crippen LogP contribution >= 0.6 is 0 Å². The van der Waals surface area contributed by atoms with Gasteiger partial charge in [0.25, 0.3) is 0 Å². The molecule has 0 amide bonds. The molecular formula is C67H70O. The summed E-state index contributed by atoms with van der Waals surface area (Å²) in [7, 11) is 0. The fraction of sp³-hybridized carbons (Fsp3) is 0.313. The predicted molar refractivity (Wildman–Crippen MR) is 293 cm³/mol. The first-order valence-corrected chi connectivity index (χ1v) is 25.1. The molecule has 2 aliphatic carbocycles. The molecule has 1 nitrogen and oxygen atoms in total. The Labute approximate surface area is 406 Å². The Morgan fingerprint density at radius 1 is 0.382 bits per heavy atom. The summed E-state index contributed by atoms with van der Waals surface area (Å²) in [4.78, 5) is 0. The van der Waals surface area contributed by atoms with Crippen LogP contribution in [-0.2, 0) is 0 Å². The van der Waals surface area contributed by atoms with Crippen molar-refractivity contribution in [2.75, 3.05) is 0 Å². The maximum absolute atomic E-state index is 6.90. The summed E-state index contributed by atoms with van der Waals surface area (Å²) in [5.74, 6) is 0.668. The van der Waals surface area contributed by atoms with Gasteiger partial charge in [-0.2, -0.15) is 0 Å². The van der Waals surface area contributed by atoms with Crippen molar-refractivity contribution in [3.63, 3.8) is 0 Å². The minimum atomic E-state index is -0.00300. The summed E-state index contributed by atoms with van der Waals surface area (Å²) in [6, 6.07) is 29.1. The highest BCUT2D eigenvalue weighted by Crippen LogP contribution is 2.58. The van der Waals surface area contributed by atoms with E-state index in [1.165, 1.54) is 150 Å². The van der Waals surface area contributed by atoms with E-state index in [1.807, 2.05) is 0 Å². The molecule has 344 valence electrons. The molecule has 0 saturated carbocycles. The summed E-state index contributed by atoms with van der Waals surface area (Å²) in [6.45, 7) is 43.0. The van der Waals surface area contributed by atoms with Crippen molar-refractivity contribution in [2.24, 2.45) is 5.92 Å². The van der Waals surface area contributed by atoms with E-state index < -0.39 is 0 Å². The van der Waals surface area contributed by atoms with Gasteiger partial charge in [0.05, 0.1) is 0 Å². The van der Waals surface area contributed by atoms with Crippen LogP contribution in [0.4, 0.5) is 0 Å². The molecule has 3 atom stereocenters. The molecule has 0 spiro atoms. The molecule has 0 N–H and O–H groups in total. The zero-order chi connectivity index (χ0) is 48.7. The quantitative estimate of drug-likeness (QED) is 0.157. The third-order valence-corrected chi connectivity index (χ3v) is 18.7. The monoisotopic (exact) mass is 891 g/mol. The third-order valence-electron chi connectivity index (χ3n) is 18.7. The van der Waals surface area contributed by atoms with Crippen molar-refractivity contribution < 1.29 is 4.42 Å². The van der Waals surface area contributed by atoms with Crippen LogP contribution in [0.2, 0.25) is 0 Å². The topological polar surface area (TPSA) is 13.1 Å². The molecule has 1 heteroatoms. The lowest BCUT2D eigenvalue weighted by Crippen LogP contribution is -2.30. The van der Waals surface area contributed by atoms with Crippen molar-refractivity contribution in [3.8, 4) is 11.1 Å². The van der Waals surface area contributed by atoms with Crippen molar-refractivity contribution in [2.45, 2.75) is 136 Å². The second-order valence-electron chi connectivity index (χ2n) is 21.2. The first-order valence-electron chi connectivity index (χ1n) is 25.1. The van der Waals surface area contributed by atoms with E-state index in [2.05, 4.69) is 203 Å². The van der Waals surface area contributed by atoms with Gasteiger partial charge >= 0.3 is 0 Å². The van der Waals surface area contributed by atoms with Crippen molar-refractivity contribution in [1.82, 2.24) is 0 Å². The van der Waals surface area contributed by atoms with Gasteiger partial charge in [0.1, 0.15) is 11.2 Å². The maximum atomic E-state index is 6.90. The Morgan fingerprint density at radius 3 is 1.47 bits per heavy atom. The smallest absolute Gasteiger partial charge is 0.143 e. The maximum Gasteiger partial charge on any atom is 0.143 e. The van der Waals surface area contributed by atoms with Crippen LogP contribution < -0.4 is 0 Å². The van der Waals surface area contributed by atoms with E-state index in [1.54, 1.807) is 5.56 Å². The Bertz CT molecular complexity index is 3570. The molecule has 10 rings (SSSR count). The standard InChI is InChI=1S/C67H70O/c1-32-33(2)39(8)59(40(9)34(32)3)66(51-28-29-57-55(30-51)56-31-54(50-24-20-19-21-25-50)52-26-22-23-27-53(52)67(56)68-57)60-47(16)45(14)58(46(15)48(60)17)65-49(18)61-41(10)35(4)36(5)42(11)62(61)63-43(12)37(6)38(7)44(13)64(63)65/h19-31,61-62,66H,1-18H3. The lowest BCUT2D eigenvalue weighted by molar-refractivity contribution is 0.571. The summed E-state index contributed by atoms with van der Waals surface area (Å²) < 4.78 is 6.90. The van der Waals surface area contributed by atoms with E-state index in [0.29, 0.717) is 11.8 Å². The van der Waals surface area contributed by atoms with E-state index in [9.17, 15) is 0 Å². The van der Waals surface area contributed by atoms with Crippen LogP contribution in [0, 0.1) is 95.9 Å². The lowest BCUT2D eigenvalue weighted by Gasteiger charge is -2.44. The second-order valence-corrected chi connectivity index (χ2v) is 21.2. The number of furan rings is 1. The summed E-state index contributed by atoms with van der Waals surface area (Å²) in [6.07, 6.45) is 0. The Morgan fingerprint density at radius 2 is 0.868 bits per heavy atom. The van der Waals surface area contributed by atoms with E-state index in [0.717, 1.165) is 27.3 Å². The summed E-state index contributed by atoms with van der Waals surface area (Å²) in [5, 5.41) is 4.68. The normalized spacial score (nSPS) is 16.7. The molecule has 1 heterocycles. The van der Waals surface area contributed by atoms with Crippen LogP contribution in [0.1, 0.15) is 152 Å². The summed E-state index contributed by atoms with van der Waals surface area (Å²) in [5.41, 5.74) is 40.2. The number of allylic oxidation sites excluding steroid dienone is 5. The zero-order valence-electron chi connectivity index (χ0n) is 44.1. The fourth-order valence-corrected chi connectivity index (χ4v) is 13.5. The lowest BCUT2D eigenvalue weighted by atomic mass is 9.59. The van der Waals surface area contributed by atoms with E-state index >= 15 is 0 Å². The molecule has 0 aliphatic heterocycles. The Balaban J connectivity index is 1.28. The molecule has 0 bridgehead atoms. The Hall–Kier alpha value is -6.18. The van der Waals surface area contributed by atoms with Gasteiger partial charge in [-0.15, -0.1) is 0 Å². The number of fused-ring (bicyclic) bond motifs is 8. The highest BCUT2D eigenvalue weighted by molar-refractivity contribution is 6.19. The molecule has 0 fully saturated rings. The molecular weight excluding hydrogens is 821 g/mol. The minimum Gasteiger partial charge on any atom is -0.455 e. The van der Waals surface area contributed by atoms with Crippen molar-refractivity contribution in [1.29, 1.82) is 0 Å². The molecule has 2 aliphatic rings. The SMILES string of the molecule is CC1=C(C)C2C(C)=C(c3c(C)c(C)c(C(c4ccc5oc6c7ccccc7c(-c7ccccc7)cc6c5c4)c4c(C)c(C)c(C)c(C)c4C)c(C)c3C)c3c(C)c(C)c(C)c(C)c3C2C(C)=C1C. The van der Waals surface area contributed by atoms with Crippen LogP contribution in [-0.4, -0.2) is 0 Å². The fourth-order valence-electron chi connectivity index (χ4n) is 13.5. The van der Waals surface area contributed by atoms with Crippen molar-refractivity contribution in [3.05, 3.63) is 212 Å². The van der Waals surface area contributed by atoms with Crippen LogP contribution in [0.15, 0.2) is 111 Å². The van der Waals surface area contributed by atoms with Gasteiger partial charge in [-0.25, -0.2) is 0 Å². The number of hydrogen-bond acceptors (Lipinski definition) is 1. The van der Waals surface area contributed by atoms with Crippen molar-refractivity contribution >= 4 is 38.3 Å². The van der Waals surface area contributed by atoms with Gasteiger partial charge in [-0.05, 0) is 282 Å². The van der Waals surface area contributed by atoms with Crippen LogP contribution in [0.25, 0.3) is 49.4 Å².